The zero-order chi connectivity index (χ0) is 12.2. The van der Waals surface area contributed by atoms with E-state index in [0.29, 0.717) is 0 Å². The van der Waals surface area contributed by atoms with Crippen molar-refractivity contribution in [2.24, 2.45) is 5.73 Å². The lowest BCUT2D eigenvalue weighted by Crippen LogP contribution is -2.21. The minimum Gasteiger partial charge on any atom is -0.393 e. The van der Waals surface area contributed by atoms with Crippen LogP contribution in [0, 0.1) is 0 Å². The van der Waals surface area contributed by atoms with Crippen molar-refractivity contribution in [3.05, 3.63) is 0 Å². The van der Waals surface area contributed by atoms with E-state index >= 15 is 0 Å². The Kier molecular flexibility index (Phi) is 11.3. The van der Waals surface area contributed by atoms with Gasteiger partial charge in [0.1, 0.15) is 0 Å². The molecule has 0 aromatic heterocycles. The molecular weight excluding hydrogens is 198 g/mol. The van der Waals surface area contributed by atoms with Crippen LogP contribution in [-0.4, -0.2) is 17.3 Å². The van der Waals surface area contributed by atoms with E-state index in [4.69, 9.17) is 5.73 Å². The van der Waals surface area contributed by atoms with Gasteiger partial charge in [0.2, 0.25) is 0 Å². The third-order valence-corrected chi connectivity index (χ3v) is 3.29. The fourth-order valence-corrected chi connectivity index (χ4v) is 1.92. The lowest BCUT2D eigenvalue weighted by molar-refractivity contribution is 0.145. The lowest BCUT2D eigenvalue weighted by atomic mass is 10.0. The SMILES string of the molecule is CCCCCCCCC(O)CCC(N)CC. The van der Waals surface area contributed by atoms with Gasteiger partial charge in [0, 0.05) is 6.04 Å². The topological polar surface area (TPSA) is 46.2 Å². The second kappa shape index (κ2) is 11.4. The van der Waals surface area contributed by atoms with Gasteiger partial charge in [-0.2, -0.15) is 0 Å². The minimum absolute atomic E-state index is 0.122. The highest BCUT2D eigenvalue weighted by Crippen LogP contribution is 2.12. The van der Waals surface area contributed by atoms with Crippen molar-refractivity contribution < 1.29 is 5.11 Å². The van der Waals surface area contributed by atoms with Crippen LogP contribution in [0.15, 0.2) is 0 Å². The first kappa shape index (κ1) is 15.9. The van der Waals surface area contributed by atoms with Crippen LogP contribution >= 0.6 is 0 Å². The third kappa shape index (κ3) is 10.4. The van der Waals surface area contributed by atoms with E-state index in [2.05, 4.69) is 13.8 Å². The predicted molar refractivity (Wildman–Crippen MR) is 71.5 cm³/mol. The maximum atomic E-state index is 9.74. The zero-order valence-electron chi connectivity index (χ0n) is 11.3. The second-order valence-electron chi connectivity index (χ2n) is 4.96. The Labute approximate surface area is 102 Å². The van der Waals surface area contributed by atoms with Crippen molar-refractivity contribution in [1.29, 1.82) is 0 Å². The molecule has 0 fully saturated rings. The van der Waals surface area contributed by atoms with Crippen molar-refractivity contribution in [2.45, 2.75) is 90.2 Å². The molecule has 2 heteroatoms. The Morgan fingerprint density at radius 2 is 1.50 bits per heavy atom. The van der Waals surface area contributed by atoms with Crippen LogP contribution in [0.1, 0.15) is 78.1 Å². The number of aliphatic hydroxyl groups is 1. The molecule has 2 atom stereocenters. The smallest absolute Gasteiger partial charge is 0.0540 e. The largest absolute Gasteiger partial charge is 0.393 e. The Balaban J connectivity index is 3.20. The van der Waals surface area contributed by atoms with Gasteiger partial charge in [0.25, 0.3) is 0 Å². The quantitative estimate of drug-likeness (QED) is 0.532. The van der Waals surface area contributed by atoms with E-state index in [1.165, 1.54) is 38.5 Å². The van der Waals surface area contributed by atoms with Gasteiger partial charge in [-0.15, -0.1) is 0 Å². The highest BCUT2D eigenvalue weighted by molar-refractivity contribution is 4.63. The van der Waals surface area contributed by atoms with Gasteiger partial charge in [0.05, 0.1) is 6.10 Å². The number of hydrogen-bond donors (Lipinski definition) is 2. The minimum atomic E-state index is -0.122. The average Bonchev–Trinajstić information content (AvgIpc) is 2.30. The lowest BCUT2D eigenvalue weighted by Gasteiger charge is -2.13. The summed E-state index contributed by atoms with van der Waals surface area (Å²) in [5.74, 6) is 0. The Morgan fingerprint density at radius 3 is 2.12 bits per heavy atom. The van der Waals surface area contributed by atoms with E-state index in [0.717, 1.165) is 25.7 Å². The molecule has 0 bridgehead atoms. The first-order valence-corrected chi connectivity index (χ1v) is 7.14. The van der Waals surface area contributed by atoms with Crippen molar-refractivity contribution in [3.63, 3.8) is 0 Å². The van der Waals surface area contributed by atoms with E-state index in [9.17, 15) is 5.11 Å². The number of rotatable bonds is 11. The normalized spacial score (nSPS) is 15.0. The molecule has 3 N–H and O–H groups in total. The molecule has 98 valence electrons. The van der Waals surface area contributed by atoms with Gasteiger partial charge in [0.15, 0.2) is 0 Å². The average molecular weight is 229 g/mol. The first-order chi connectivity index (χ1) is 7.70. The summed E-state index contributed by atoms with van der Waals surface area (Å²) >= 11 is 0. The molecule has 0 radical (unpaired) electrons. The maximum Gasteiger partial charge on any atom is 0.0540 e. The molecule has 2 unspecified atom stereocenters. The number of unbranched alkanes of at least 4 members (excludes halogenated alkanes) is 5. The van der Waals surface area contributed by atoms with E-state index in [1.54, 1.807) is 0 Å². The van der Waals surface area contributed by atoms with Crippen molar-refractivity contribution in [1.82, 2.24) is 0 Å². The Bertz CT molecular complexity index is 139. The van der Waals surface area contributed by atoms with Crippen molar-refractivity contribution >= 4 is 0 Å². The zero-order valence-corrected chi connectivity index (χ0v) is 11.3. The monoisotopic (exact) mass is 229 g/mol. The van der Waals surface area contributed by atoms with Gasteiger partial charge >= 0.3 is 0 Å². The number of hydrogen-bond acceptors (Lipinski definition) is 2. The fourth-order valence-electron chi connectivity index (χ4n) is 1.92. The molecule has 0 aromatic carbocycles. The van der Waals surface area contributed by atoms with Crippen molar-refractivity contribution in [3.8, 4) is 0 Å². The molecule has 2 nitrogen and oxygen atoms in total. The Hall–Kier alpha value is -0.0800. The summed E-state index contributed by atoms with van der Waals surface area (Å²) in [7, 11) is 0. The van der Waals surface area contributed by atoms with Crippen molar-refractivity contribution in [2.75, 3.05) is 0 Å². The summed E-state index contributed by atoms with van der Waals surface area (Å²) in [6.07, 6.45) is 11.5. The van der Waals surface area contributed by atoms with Crippen LogP contribution < -0.4 is 5.73 Å². The number of aliphatic hydroxyl groups excluding tert-OH is 1. The van der Waals surface area contributed by atoms with Gasteiger partial charge in [-0.3, -0.25) is 0 Å². The summed E-state index contributed by atoms with van der Waals surface area (Å²) in [5, 5.41) is 9.74. The standard InChI is InChI=1S/C14H31NO/c1-3-5-6-7-8-9-10-14(16)12-11-13(15)4-2/h13-14,16H,3-12,15H2,1-2H3. The molecule has 0 aliphatic heterocycles. The molecule has 0 heterocycles. The summed E-state index contributed by atoms with van der Waals surface area (Å²) < 4.78 is 0. The molecule has 0 saturated heterocycles. The van der Waals surface area contributed by atoms with Crippen LogP contribution in [0.2, 0.25) is 0 Å². The van der Waals surface area contributed by atoms with Gasteiger partial charge in [-0.25, -0.2) is 0 Å². The van der Waals surface area contributed by atoms with Gasteiger partial charge in [-0.05, 0) is 25.7 Å². The summed E-state index contributed by atoms with van der Waals surface area (Å²) in [4.78, 5) is 0. The van der Waals surface area contributed by atoms with Gasteiger partial charge in [-0.1, -0.05) is 52.4 Å². The van der Waals surface area contributed by atoms with Gasteiger partial charge < -0.3 is 10.8 Å². The van der Waals surface area contributed by atoms with E-state index < -0.39 is 0 Å². The number of nitrogens with two attached hydrogens (primary N) is 1. The van der Waals surface area contributed by atoms with Crippen LogP contribution in [-0.2, 0) is 0 Å². The molecule has 0 aliphatic rings. The van der Waals surface area contributed by atoms with Crippen LogP contribution in [0.3, 0.4) is 0 Å². The maximum absolute atomic E-state index is 9.74. The highest BCUT2D eigenvalue weighted by atomic mass is 16.3. The van der Waals surface area contributed by atoms with Crippen LogP contribution in [0.5, 0.6) is 0 Å². The molecule has 0 aromatic rings. The molecule has 0 rings (SSSR count). The second-order valence-corrected chi connectivity index (χ2v) is 4.96. The Morgan fingerprint density at radius 1 is 0.875 bits per heavy atom. The van der Waals surface area contributed by atoms with E-state index in [-0.39, 0.29) is 12.1 Å². The predicted octanol–water partition coefficient (Wildman–Crippen LogP) is 3.62. The third-order valence-electron chi connectivity index (χ3n) is 3.29. The fraction of sp³-hybridized carbons (Fsp3) is 1.00. The summed E-state index contributed by atoms with van der Waals surface area (Å²) in [6, 6.07) is 0.277. The molecule has 0 amide bonds. The first-order valence-electron chi connectivity index (χ1n) is 7.14. The molecule has 0 aliphatic carbocycles. The molecule has 16 heavy (non-hydrogen) atoms. The summed E-state index contributed by atoms with van der Waals surface area (Å²) in [5.41, 5.74) is 5.82. The molecule has 0 saturated carbocycles. The summed E-state index contributed by atoms with van der Waals surface area (Å²) in [6.45, 7) is 4.34. The highest BCUT2D eigenvalue weighted by Gasteiger charge is 2.06. The van der Waals surface area contributed by atoms with Crippen LogP contribution in [0.25, 0.3) is 0 Å². The van der Waals surface area contributed by atoms with E-state index in [1.807, 2.05) is 0 Å². The molecular formula is C14H31NO. The molecule has 0 spiro atoms. The van der Waals surface area contributed by atoms with Crippen LogP contribution in [0.4, 0.5) is 0 Å².